The van der Waals surface area contributed by atoms with Gasteiger partial charge in [-0.25, -0.2) is 4.98 Å². The number of hydrogen-bond acceptors (Lipinski definition) is 2. The van der Waals surface area contributed by atoms with E-state index in [0.29, 0.717) is 16.5 Å². The summed E-state index contributed by atoms with van der Waals surface area (Å²) in [6.45, 7) is 0.285. The first-order chi connectivity index (χ1) is 8.22. The molecule has 0 unspecified atom stereocenters. The van der Waals surface area contributed by atoms with Crippen LogP contribution in [-0.2, 0) is 13.0 Å². The summed E-state index contributed by atoms with van der Waals surface area (Å²) in [5, 5.41) is 9.75. The lowest BCUT2D eigenvalue weighted by molar-refractivity contribution is 0.765. The van der Waals surface area contributed by atoms with Gasteiger partial charge in [0.15, 0.2) is 0 Å². The summed E-state index contributed by atoms with van der Waals surface area (Å²) in [5.41, 5.74) is 0.907. The molecule has 0 aliphatic heterocycles. The molecular formula is C12H9Cl2N3. The Kier molecular flexibility index (Phi) is 3.68. The van der Waals surface area contributed by atoms with Crippen LogP contribution in [0.4, 0.5) is 0 Å². The molecule has 1 aromatic carbocycles. The molecule has 0 saturated heterocycles. The van der Waals surface area contributed by atoms with E-state index in [1.54, 1.807) is 23.0 Å². The number of nitriles is 1. The number of aromatic nitrogens is 2. The van der Waals surface area contributed by atoms with Crippen LogP contribution in [0.1, 0.15) is 11.4 Å². The lowest BCUT2D eigenvalue weighted by Gasteiger charge is -2.06. The minimum atomic E-state index is 0.285. The topological polar surface area (TPSA) is 41.6 Å². The maximum absolute atomic E-state index is 8.68. The van der Waals surface area contributed by atoms with Crippen molar-refractivity contribution < 1.29 is 0 Å². The van der Waals surface area contributed by atoms with Gasteiger partial charge in [0.05, 0.1) is 16.1 Å². The molecule has 0 radical (unpaired) electrons. The van der Waals surface area contributed by atoms with E-state index >= 15 is 0 Å². The highest BCUT2D eigenvalue weighted by atomic mass is 35.5. The SMILES string of the molecule is N#CCn1ccnc1Cc1cccc(Cl)c1Cl. The molecule has 0 saturated carbocycles. The van der Waals surface area contributed by atoms with E-state index in [2.05, 4.69) is 11.1 Å². The first-order valence-corrected chi connectivity index (χ1v) is 5.78. The molecule has 1 heterocycles. The summed E-state index contributed by atoms with van der Waals surface area (Å²) in [4.78, 5) is 4.21. The van der Waals surface area contributed by atoms with E-state index in [1.807, 2.05) is 12.1 Å². The third-order valence-electron chi connectivity index (χ3n) is 2.42. The van der Waals surface area contributed by atoms with Crippen LogP contribution in [0.25, 0.3) is 0 Å². The third-order valence-corrected chi connectivity index (χ3v) is 3.28. The summed E-state index contributed by atoms with van der Waals surface area (Å²) in [5.74, 6) is 0.802. The molecule has 2 rings (SSSR count). The summed E-state index contributed by atoms with van der Waals surface area (Å²) < 4.78 is 1.79. The highest BCUT2D eigenvalue weighted by Crippen LogP contribution is 2.26. The van der Waals surface area contributed by atoms with Crippen molar-refractivity contribution in [3.05, 3.63) is 52.0 Å². The molecule has 0 aliphatic rings. The van der Waals surface area contributed by atoms with Crippen molar-refractivity contribution in [3.8, 4) is 6.07 Å². The van der Waals surface area contributed by atoms with Gasteiger partial charge in [-0.05, 0) is 11.6 Å². The summed E-state index contributed by atoms with van der Waals surface area (Å²) in [7, 11) is 0. The van der Waals surface area contributed by atoms with Gasteiger partial charge in [0, 0.05) is 18.8 Å². The van der Waals surface area contributed by atoms with Crippen LogP contribution in [0, 0.1) is 11.3 Å². The Bertz CT molecular complexity index is 569. The van der Waals surface area contributed by atoms with Crippen LogP contribution in [0.5, 0.6) is 0 Å². The number of nitrogens with zero attached hydrogens (tertiary/aromatic N) is 3. The van der Waals surface area contributed by atoms with Gasteiger partial charge in [-0.2, -0.15) is 5.26 Å². The third kappa shape index (κ3) is 2.60. The number of halogens is 2. The molecular weight excluding hydrogens is 257 g/mol. The van der Waals surface area contributed by atoms with E-state index in [-0.39, 0.29) is 6.54 Å². The zero-order chi connectivity index (χ0) is 12.3. The van der Waals surface area contributed by atoms with Gasteiger partial charge in [0.1, 0.15) is 12.4 Å². The van der Waals surface area contributed by atoms with Gasteiger partial charge >= 0.3 is 0 Å². The zero-order valence-corrected chi connectivity index (χ0v) is 10.4. The Morgan fingerprint density at radius 3 is 2.94 bits per heavy atom. The molecule has 0 spiro atoms. The van der Waals surface area contributed by atoms with Crippen LogP contribution < -0.4 is 0 Å². The summed E-state index contributed by atoms with van der Waals surface area (Å²) in [6, 6.07) is 7.58. The highest BCUT2D eigenvalue weighted by molar-refractivity contribution is 6.42. The van der Waals surface area contributed by atoms with Crippen molar-refractivity contribution in [2.45, 2.75) is 13.0 Å². The second-order valence-corrected chi connectivity index (χ2v) is 4.30. The van der Waals surface area contributed by atoms with E-state index in [1.165, 1.54) is 0 Å². The van der Waals surface area contributed by atoms with Gasteiger partial charge in [-0.15, -0.1) is 0 Å². The fourth-order valence-electron chi connectivity index (χ4n) is 1.58. The average Bonchev–Trinajstić information content (AvgIpc) is 2.73. The molecule has 0 aliphatic carbocycles. The van der Waals surface area contributed by atoms with Crippen molar-refractivity contribution in [1.82, 2.24) is 9.55 Å². The standard InChI is InChI=1S/C12H9Cl2N3/c13-10-3-1-2-9(12(10)14)8-11-16-5-7-17(11)6-4-15/h1-3,5,7H,6,8H2. The van der Waals surface area contributed by atoms with Gasteiger partial charge in [0.25, 0.3) is 0 Å². The maximum Gasteiger partial charge on any atom is 0.114 e. The Labute approximate surface area is 109 Å². The lowest BCUT2D eigenvalue weighted by atomic mass is 10.1. The van der Waals surface area contributed by atoms with Gasteiger partial charge < -0.3 is 4.57 Å². The molecule has 0 atom stereocenters. The smallest absolute Gasteiger partial charge is 0.114 e. The van der Waals surface area contributed by atoms with Crippen LogP contribution in [0.2, 0.25) is 10.0 Å². The molecule has 17 heavy (non-hydrogen) atoms. The zero-order valence-electron chi connectivity index (χ0n) is 8.90. The Morgan fingerprint density at radius 2 is 2.18 bits per heavy atom. The number of benzene rings is 1. The number of imidazole rings is 1. The van der Waals surface area contributed by atoms with Crippen LogP contribution in [0.15, 0.2) is 30.6 Å². The first kappa shape index (κ1) is 12.0. The molecule has 3 nitrogen and oxygen atoms in total. The normalized spacial score (nSPS) is 10.2. The molecule has 86 valence electrons. The largest absolute Gasteiger partial charge is 0.321 e. The molecule has 2 aromatic rings. The fourth-order valence-corrected chi connectivity index (χ4v) is 1.97. The first-order valence-electron chi connectivity index (χ1n) is 5.02. The van der Waals surface area contributed by atoms with E-state index in [0.717, 1.165) is 11.4 Å². The van der Waals surface area contributed by atoms with E-state index < -0.39 is 0 Å². The molecule has 0 N–H and O–H groups in total. The second kappa shape index (κ2) is 5.22. The molecule has 5 heteroatoms. The van der Waals surface area contributed by atoms with Crippen molar-refractivity contribution in [2.24, 2.45) is 0 Å². The van der Waals surface area contributed by atoms with E-state index in [4.69, 9.17) is 28.5 Å². The fraction of sp³-hybridized carbons (Fsp3) is 0.167. The molecule has 0 bridgehead atoms. The monoisotopic (exact) mass is 265 g/mol. The second-order valence-electron chi connectivity index (χ2n) is 3.52. The predicted octanol–water partition coefficient (Wildman–Crippen LogP) is 3.30. The lowest BCUT2D eigenvalue weighted by Crippen LogP contribution is -2.03. The Balaban J connectivity index is 2.29. The van der Waals surface area contributed by atoms with Gasteiger partial charge in [0.2, 0.25) is 0 Å². The van der Waals surface area contributed by atoms with E-state index in [9.17, 15) is 0 Å². The Hall–Kier alpha value is -1.50. The van der Waals surface area contributed by atoms with Gasteiger partial charge in [-0.3, -0.25) is 0 Å². The van der Waals surface area contributed by atoms with Crippen LogP contribution in [-0.4, -0.2) is 9.55 Å². The van der Waals surface area contributed by atoms with Crippen LogP contribution in [0.3, 0.4) is 0 Å². The van der Waals surface area contributed by atoms with Crippen molar-refractivity contribution in [2.75, 3.05) is 0 Å². The molecule has 0 fully saturated rings. The van der Waals surface area contributed by atoms with Crippen molar-refractivity contribution >= 4 is 23.2 Å². The molecule has 0 amide bonds. The van der Waals surface area contributed by atoms with Crippen molar-refractivity contribution in [3.63, 3.8) is 0 Å². The molecule has 1 aromatic heterocycles. The van der Waals surface area contributed by atoms with Crippen molar-refractivity contribution in [1.29, 1.82) is 5.26 Å². The van der Waals surface area contributed by atoms with Crippen LogP contribution >= 0.6 is 23.2 Å². The summed E-state index contributed by atoms with van der Waals surface area (Å²) in [6.07, 6.45) is 4.01. The maximum atomic E-state index is 8.68. The minimum Gasteiger partial charge on any atom is -0.321 e. The number of hydrogen-bond donors (Lipinski definition) is 0. The number of rotatable bonds is 3. The highest BCUT2D eigenvalue weighted by Gasteiger charge is 2.08. The minimum absolute atomic E-state index is 0.285. The quantitative estimate of drug-likeness (QED) is 0.855. The summed E-state index contributed by atoms with van der Waals surface area (Å²) >= 11 is 12.0. The Morgan fingerprint density at radius 1 is 1.35 bits per heavy atom. The van der Waals surface area contributed by atoms with Gasteiger partial charge in [-0.1, -0.05) is 35.3 Å². The predicted molar refractivity (Wildman–Crippen MR) is 67.1 cm³/mol. The average molecular weight is 266 g/mol.